The van der Waals surface area contributed by atoms with E-state index in [4.69, 9.17) is 9.84 Å². The van der Waals surface area contributed by atoms with Crippen molar-refractivity contribution in [2.45, 2.75) is 25.8 Å². The largest absolute Gasteiger partial charge is 0.493 e. The molecule has 0 bridgehead atoms. The van der Waals surface area contributed by atoms with E-state index in [1.165, 1.54) is 6.92 Å². The normalized spacial score (nSPS) is 15.2. The molecule has 1 heterocycles. The molecule has 0 saturated carbocycles. The van der Waals surface area contributed by atoms with Crippen LogP contribution in [0.3, 0.4) is 0 Å². The van der Waals surface area contributed by atoms with Crippen molar-refractivity contribution in [2.75, 3.05) is 6.61 Å². The van der Waals surface area contributed by atoms with Crippen molar-refractivity contribution in [1.29, 1.82) is 0 Å². The first kappa shape index (κ1) is 14.1. The Bertz CT molecular complexity index is 551. The maximum Gasteiger partial charge on any atom is 0.326 e. The fraction of sp³-hybridized carbons (Fsp3) is 0.333. The predicted octanol–water partition coefficient (Wildman–Crippen LogP) is 1.83. The highest BCUT2D eigenvalue weighted by molar-refractivity contribution is 5.82. The lowest BCUT2D eigenvalue weighted by Crippen LogP contribution is -2.39. The molecule has 0 radical (unpaired) electrons. The van der Waals surface area contributed by atoms with Gasteiger partial charge in [-0.3, -0.25) is 4.79 Å². The number of fused-ring (bicyclic) bond motifs is 1. The molecule has 0 aliphatic carbocycles. The predicted molar refractivity (Wildman–Crippen MR) is 74.4 cm³/mol. The van der Waals surface area contributed by atoms with Crippen LogP contribution in [0.4, 0.5) is 0 Å². The molecule has 1 aromatic rings. The SMILES string of the molecule is CC(=O)N[C@H](CC1=Cc2ccccc2OCC1)C(=O)O. The molecule has 0 fully saturated rings. The van der Waals surface area contributed by atoms with Crippen molar-refractivity contribution in [3.63, 3.8) is 0 Å². The number of amides is 1. The molecule has 1 atom stereocenters. The van der Waals surface area contributed by atoms with Crippen molar-refractivity contribution in [3.05, 3.63) is 35.4 Å². The molecule has 0 unspecified atom stereocenters. The van der Waals surface area contributed by atoms with Crippen LogP contribution in [-0.2, 0) is 9.59 Å². The van der Waals surface area contributed by atoms with E-state index in [0.29, 0.717) is 13.0 Å². The van der Waals surface area contributed by atoms with Crippen molar-refractivity contribution >= 4 is 18.0 Å². The van der Waals surface area contributed by atoms with Crippen LogP contribution in [0.2, 0.25) is 0 Å². The number of carboxylic acids is 1. The van der Waals surface area contributed by atoms with Crippen molar-refractivity contribution < 1.29 is 19.4 Å². The molecule has 106 valence electrons. The van der Waals surface area contributed by atoms with Gasteiger partial charge in [-0.15, -0.1) is 0 Å². The second-order valence-electron chi connectivity index (χ2n) is 4.73. The van der Waals surface area contributed by atoms with Gasteiger partial charge in [0.05, 0.1) is 6.61 Å². The van der Waals surface area contributed by atoms with E-state index in [-0.39, 0.29) is 12.3 Å². The number of ether oxygens (including phenoxy) is 1. The number of benzene rings is 1. The smallest absolute Gasteiger partial charge is 0.326 e. The second-order valence-corrected chi connectivity index (χ2v) is 4.73. The van der Waals surface area contributed by atoms with Crippen LogP contribution in [0.15, 0.2) is 29.8 Å². The number of aliphatic carboxylic acids is 1. The molecule has 5 heteroatoms. The lowest BCUT2D eigenvalue weighted by Gasteiger charge is -2.14. The Morgan fingerprint density at radius 2 is 2.15 bits per heavy atom. The quantitative estimate of drug-likeness (QED) is 0.879. The number of hydrogen-bond acceptors (Lipinski definition) is 3. The summed E-state index contributed by atoms with van der Waals surface area (Å²) < 4.78 is 5.61. The van der Waals surface area contributed by atoms with Gasteiger partial charge in [0, 0.05) is 18.9 Å². The summed E-state index contributed by atoms with van der Waals surface area (Å²) >= 11 is 0. The molecule has 2 N–H and O–H groups in total. The van der Waals surface area contributed by atoms with E-state index in [9.17, 15) is 9.59 Å². The average Bonchev–Trinajstić information content (AvgIpc) is 2.58. The van der Waals surface area contributed by atoms with Crippen LogP contribution in [0.5, 0.6) is 5.75 Å². The fourth-order valence-corrected chi connectivity index (χ4v) is 2.18. The number of para-hydroxylation sites is 1. The zero-order chi connectivity index (χ0) is 14.5. The highest BCUT2D eigenvalue weighted by Crippen LogP contribution is 2.27. The van der Waals surface area contributed by atoms with E-state index >= 15 is 0 Å². The molecule has 0 saturated heterocycles. The summed E-state index contributed by atoms with van der Waals surface area (Å²) in [6.07, 6.45) is 2.88. The van der Waals surface area contributed by atoms with E-state index in [1.807, 2.05) is 30.3 Å². The summed E-state index contributed by atoms with van der Waals surface area (Å²) in [4.78, 5) is 22.2. The highest BCUT2D eigenvalue weighted by Gasteiger charge is 2.21. The number of rotatable bonds is 4. The topological polar surface area (TPSA) is 75.6 Å². The third kappa shape index (κ3) is 3.60. The molecular weight excluding hydrogens is 258 g/mol. The van der Waals surface area contributed by atoms with E-state index in [1.54, 1.807) is 0 Å². The summed E-state index contributed by atoms with van der Waals surface area (Å²) in [5.41, 5.74) is 1.89. The van der Waals surface area contributed by atoms with E-state index < -0.39 is 12.0 Å². The van der Waals surface area contributed by atoms with Gasteiger partial charge in [0.1, 0.15) is 11.8 Å². The Kier molecular flexibility index (Phi) is 4.40. The Labute approximate surface area is 117 Å². The third-order valence-corrected chi connectivity index (χ3v) is 3.10. The fourth-order valence-electron chi connectivity index (χ4n) is 2.18. The molecule has 0 spiro atoms. The van der Waals surface area contributed by atoms with Gasteiger partial charge in [0.15, 0.2) is 0 Å². The molecule has 5 nitrogen and oxygen atoms in total. The number of carbonyl (C=O) groups excluding carboxylic acids is 1. The molecule has 1 aliphatic heterocycles. The average molecular weight is 275 g/mol. The zero-order valence-electron chi connectivity index (χ0n) is 11.3. The van der Waals surface area contributed by atoms with E-state index in [2.05, 4.69) is 5.32 Å². The molecule has 2 rings (SSSR count). The maximum absolute atomic E-state index is 11.2. The van der Waals surface area contributed by atoms with Crippen LogP contribution < -0.4 is 10.1 Å². The lowest BCUT2D eigenvalue weighted by molar-refractivity contribution is -0.141. The van der Waals surface area contributed by atoms with Gasteiger partial charge in [-0.25, -0.2) is 4.79 Å². The number of carbonyl (C=O) groups is 2. The van der Waals surface area contributed by atoms with Gasteiger partial charge in [-0.2, -0.15) is 0 Å². The zero-order valence-corrected chi connectivity index (χ0v) is 11.3. The highest BCUT2D eigenvalue weighted by atomic mass is 16.5. The van der Waals surface area contributed by atoms with Crippen molar-refractivity contribution in [1.82, 2.24) is 5.32 Å². The van der Waals surface area contributed by atoms with Crippen LogP contribution in [0.1, 0.15) is 25.3 Å². The number of carboxylic acid groups (broad SMARTS) is 1. The van der Waals surface area contributed by atoms with Crippen LogP contribution >= 0.6 is 0 Å². The molecule has 20 heavy (non-hydrogen) atoms. The van der Waals surface area contributed by atoms with Gasteiger partial charge >= 0.3 is 5.97 Å². The second kappa shape index (κ2) is 6.23. The van der Waals surface area contributed by atoms with Crippen LogP contribution in [0.25, 0.3) is 6.08 Å². The van der Waals surface area contributed by atoms with Gasteiger partial charge < -0.3 is 15.2 Å². The van der Waals surface area contributed by atoms with Gasteiger partial charge in [0.25, 0.3) is 0 Å². The molecule has 1 aliphatic rings. The summed E-state index contributed by atoms with van der Waals surface area (Å²) in [5.74, 6) is -0.572. The maximum atomic E-state index is 11.2. The Hall–Kier alpha value is -2.30. The van der Waals surface area contributed by atoms with Crippen molar-refractivity contribution in [2.24, 2.45) is 0 Å². The molecular formula is C15H17NO4. The first-order valence-electron chi connectivity index (χ1n) is 6.47. The summed E-state index contributed by atoms with van der Waals surface area (Å²) in [6, 6.07) is 6.72. The third-order valence-electron chi connectivity index (χ3n) is 3.10. The molecule has 1 amide bonds. The number of nitrogens with one attached hydrogen (secondary N) is 1. The number of hydrogen-bond donors (Lipinski definition) is 2. The first-order chi connectivity index (χ1) is 9.56. The summed E-state index contributed by atoms with van der Waals surface area (Å²) in [7, 11) is 0. The Balaban J connectivity index is 2.17. The monoisotopic (exact) mass is 275 g/mol. The van der Waals surface area contributed by atoms with Gasteiger partial charge in [-0.05, 0) is 12.5 Å². The molecule has 1 aromatic carbocycles. The minimum absolute atomic E-state index is 0.284. The standard InChI is InChI=1S/C15H17NO4/c1-10(17)16-13(15(18)19)9-11-6-7-20-14-5-3-2-4-12(14)8-11/h2-5,8,13H,6-7,9H2,1H3,(H,16,17)(H,18,19)/t13-/m1/s1. The summed E-state index contributed by atoms with van der Waals surface area (Å²) in [5, 5.41) is 11.6. The van der Waals surface area contributed by atoms with E-state index in [0.717, 1.165) is 16.9 Å². The van der Waals surface area contributed by atoms with Crippen LogP contribution in [-0.4, -0.2) is 29.6 Å². The van der Waals surface area contributed by atoms with Crippen molar-refractivity contribution in [3.8, 4) is 5.75 Å². The minimum Gasteiger partial charge on any atom is -0.493 e. The minimum atomic E-state index is -1.03. The van der Waals surface area contributed by atoms with Gasteiger partial charge in [-0.1, -0.05) is 29.8 Å². The lowest BCUT2D eigenvalue weighted by atomic mass is 10.0. The Morgan fingerprint density at radius 3 is 2.85 bits per heavy atom. The first-order valence-corrected chi connectivity index (χ1v) is 6.47. The summed E-state index contributed by atoms with van der Waals surface area (Å²) in [6.45, 7) is 1.82. The van der Waals surface area contributed by atoms with Crippen LogP contribution in [0, 0.1) is 0 Å². The Morgan fingerprint density at radius 1 is 1.40 bits per heavy atom. The van der Waals surface area contributed by atoms with Gasteiger partial charge in [0.2, 0.25) is 5.91 Å². The molecule has 0 aromatic heterocycles.